The second-order valence-corrected chi connectivity index (χ2v) is 8.86. The molecule has 0 spiro atoms. The van der Waals surface area contributed by atoms with Crippen molar-refractivity contribution in [2.75, 3.05) is 44.2 Å². The van der Waals surface area contributed by atoms with Gasteiger partial charge < -0.3 is 14.7 Å². The van der Waals surface area contributed by atoms with Crippen molar-refractivity contribution in [2.24, 2.45) is 0 Å². The molecule has 1 heterocycles. The van der Waals surface area contributed by atoms with Gasteiger partial charge in [-0.3, -0.25) is 4.90 Å². The van der Waals surface area contributed by atoms with Crippen molar-refractivity contribution in [3.05, 3.63) is 59.7 Å². The highest BCUT2D eigenvalue weighted by Crippen LogP contribution is 2.24. The first-order chi connectivity index (χ1) is 13.3. The van der Waals surface area contributed by atoms with Gasteiger partial charge in [0.1, 0.15) is 18.5 Å². The third-order valence-electron chi connectivity index (χ3n) is 5.40. The molecule has 1 saturated heterocycles. The molecule has 4 nitrogen and oxygen atoms in total. The van der Waals surface area contributed by atoms with E-state index in [9.17, 15) is 5.11 Å². The Morgan fingerprint density at radius 2 is 1.54 bits per heavy atom. The molecule has 1 aliphatic heterocycles. The Hall–Kier alpha value is -2.04. The Balaban J connectivity index is 1.41. The number of aryl methyl sites for hydroxylation is 1. The van der Waals surface area contributed by atoms with Gasteiger partial charge in [0.2, 0.25) is 0 Å². The van der Waals surface area contributed by atoms with Crippen LogP contribution in [0.1, 0.15) is 31.9 Å². The van der Waals surface area contributed by atoms with E-state index in [-0.39, 0.29) is 5.41 Å². The van der Waals surface area contributed by atoms with Crippen LogP contribution < -0.4 is 9.64 Å². The largest absolute Gasteiger partial charge is 0.491 e. The number of aliphatic hydroxyl groups excluding tert-OH is 1. The van der Waals surface area contributed by atoms with Crippen molar-refractivity contribution < 1.29 is 9.84 Å². The highest BCUT2D eigenvalue weighted by Gasteiger charge is 2.20. The van der Waals surface area contributed by atoms with Gasteiger partial charge in [0.25, 0.3) is 0 Å². The molecule has 0 saturated carbocycles. The van der Waals surface area contributed by atoms with Crippen molar-refractivity contribution in [2.45, 2.75) is 39.2 Å². The molecule has 152 valence electrons. The third-order valence-corrected chi connectivity index (χ3v) is 5.40. The fourth-order valence-electron chi connectivity index (χ4n) is 3.54. The molecule has 4 heteroatoms. The highest BCUT2D eigenvalue weighted by atomic mass is 16.5. The van der Waals surface area contributed by atoms with E-state index in [2.05, 4.69) is 73.9 Å². The first-order valence-corrected chi connectivity index (χ1v) is 10.3. The molecule has 1 aliphatic rings. The van der Waals surface area contributed by atoms with Crippen molar-refractivity contribution in [3.8, 4) is 5.75 Å². The Bertz CT molecular complexity index is 727. The number of rotatable bonds is 6. The maximum Gasteiger partial charge on any atom is 0.119 e. The number of anilines is 1. The number of ether oxygens (including phenoxy) is 1. The number of aliphatic hydroxyl groups is 1. The minimum atomic E-state index is -0.479. The molecular formula is C24H34N2O2. The Morgan fingerprint density at radius 3 is 2.11 bits per heavy atom. The van der Waals surface area contributed by atoms with Crippen molar-refractivity contribution >= 4 is 5.69 Å². The summed E-state index contributed by atoms with van der Waals surface area (Å²) in [5.74, 6) is 0.816. The van der Waals surface area contributed by atoms with Crippen LogP contribution in [0.4, 0.5) is 5.69 Å². The SMILES string of the molecule is Cc1ccc(N2CCN(CC(O)COc3ccc(C(C)(C)C)cc3)CC2)cc1. The van der Waals surface area contributed by atoms with Crippen LogP contribution in [0.3, 0.4) is 0 Å². The number of nitrogens with zero attached hydrogens (tertiary/aromatic N) is 2. The van der Waals surface area contributed by atoms with Crippen LogP contribution in [-0.2, 0) is 5.41 Å². The molecule has 2 aromatic carbocycles. The van der Waals surface area contributed by atoms with Gasteiger partial charge in [-0.1, -0.05) is 50.6 Å². The molecule has 2 aromatic rings. The lowest BCUT2D eigenvalue weighted by molar-refractivity contribution is 0.0663. The smallest absolute Gasteiger partial charge is 0.119 e. The minimum absolute atomic E-state index is 0.138. The summed E-state index contributed by atoms with van der Waals surface area (Å²) in [6.45, 7) is 13.6. The van der Waals surface area contributed by atoms with Crippen LogP contribution in [0, 0.1) is 6.92 Å². The fraction of sp³-hybridized carbons (Fsp3) is 0.500. The summed E-state index contributed by atoms with van der Waals surface area (Å²) < 4.78 is 5.79. The van der Waals surface area contributed by atoms with Gasteiger partial charge in [0, 0.05) is 38.4 Å². The summed E-state index contributed by atoms with van der Waals surface area (Å²) in [5, 5.41) is 10.4. The molecule has 1 fully saturated rings. The molecular weight excluding hydrogens is 348 g/mol. The summed E-state index contributed by atoms with van der Waals surface area (Å²) in [6.07, 6.45) is -0.479. The van der Waals surface area contributed by atoms with Crippen LogP contribution in [-0.4, -0.2) is 55.4 Å². The molecule has 3 rings (SSSR count). The molecule has 0 bridgehead atoms. The number of hydrogen-bond donors (Lipinski definition) is 1. The first-order valence-electron chi connectivity index (χ1n) is 10.3. The minimum Gasteiger partial charge on any atom is -0.491 e. The number of β-amino-alcohol motifs (C(OH)–C–C–N with tert-alkyl or cyclic N) is 1. The number of piperazine rings is 1. The molecule has 0 aromatic heterocycles. The number of hydrogen-bond acceptors (Lipinski definition) is 4. The summed E-state index contributed by atoms with van der Waals surface area (Å²) in [5.41, 5.74) is 4.00. The molecule has 1 atom stereocenters. The predicted molar refractivity (Wildman–Crippen MR) is 116 cm³/mol. The second kappa shape index (κ2) is 8.97. The average Bonchev–Trinajstić information content (AvgIpc) is 2.67. The van der Waals surface area contributed by atoms with Gasteiger partial charge >= 0.3 is 0 Å². The zero-order chi connectivity index (χ0) is 20.1. The van der Waals surface area contributed by atoms with E-state index in [1.807, 2.05) is 12.1 Å². The summed E-state index contributed by atoms with van der Waals surface area (Å²) in [7, 11) is 0. The molecule has 0 aliphatic carbocycles. The maximum absolute atomic E-state index is 10.4. The standard InChI is InChI=1S/C24H34N2O2/c1-19-5-9-21(10-6-19)26-15-13-25(14-16-26)17-22(27)18-28-23-11-7-20(8-12-23)24(2,3)4/h5-12,22,27H,13-18H2,1-4H3. The van der Waals surface area contributed by atoms with E-state index in [4.69, 9.17) is 4.74 Å². The Labute approximate surface area is 169 Å². The molecule has 28 heavy (non-hydrogen) atoms. The summed E-state index contributed by atoms with van der Waals surface area (Å²) in [6, 6.07) is 16.9. The Morgan fingerprint density at radius 1 is 0.929 bits per heavy atom. The van der Waals surface area contributed by atoms with Crippen LogP contribution in [0.2, 0.25) is 0 Å². The van der Waals surface area contributed by atoms with Crippen LogP contribution in [0.5, 0.6) is 5.75 Å². The molecule has 1 N–H and O–H groups in total. The fourth-order valence-corrected chi connectivity index (χ4v) is 3.54. The summed E-state index contributed by atoms with van der Waals surface area (Å²) in [4.78, 5) is 4.73. The van der Waals surface area contributed by atoms with Gasteiger partial charge in [-0.25, -0.2) is 0 Å². The lowest BCUT2D eigenvalue weighted by atomic mass is 9.87. The normalized spacial score (nSPS) is 16.8. The maximum atomic E-state index is 10.4. The zero-order valence-electron chi connectivity index (χ0n) is 17.7. The van der Waals surface area contributed by atoms with Crippen molar-refractivity contribution in [3.63, 3.8) is 0 Å². The molecule has 0 radical (unpaired) electrons. The quantitative estimate of drug-likeness (QED) is 0.823. The van der Waals surface area contributed by atoms with Gasteiger partial charge in [0.05, 0.1) is 0 Å². The van der Waals surface area contributed by atoms with E-state index >= 15 is 0 Å². The van der Waals surface area contributed by atoms with Gasteiger partial charge in [-0.15, -0.1) is 0 Å². The van der Waals surface area contributed by atoms with Gasteiger partial charge in [-0.2, -0.15) is 0 Å². The van der Waals surface area contributed by atoms with Gasteiger partial charge in [0.15, 0.2) is 0 Å². The van der Waals surface area contributed by atoms with Crippen molar-refractivity contribution in [1.82, 2.24) is 4.90 Å². The predicted octanol–water partition coefficient (Wildman–Crippen LogP) is 3.85. The lowest BCUT2D eigenvalue weighted by Crippen LogP contribution is -2.49. The summed E-state index contributed by atoms with van der Waals surface area (Å²) >= 11 is 0. The molecule has 1 unspecified atom stereocenters. The van der Waals surface area contributed by atoms with E-state index in [1.54, 1.807) is 0 Å². The van der Waals surface area contributed by atoms with E-state index < -0.39 is 6.10 Å². The van der Waals surface area contributed by atoms with Crippen molar-refractivity contribution in [1.29, 1.82) is 0 Å². The molecule has 0 amide bonds. The average molecular weight is 383 g/mol. The van der Waals surface area contributed by atoms with Crippen LogP contribution in [0.15, 0.2) is 48.5 Å². The monoisotopic (exact) mass is 382 g/mol. The second-order valence-electron chi connectivity index (χ2n) is 8.86. The number of benzene rings is 2. The first kappa shape index (κ1) is 20.7. The third kappa shape index (κ3) is 5.73. The van der Waals surface area contributed by atoms with E-state index in [0.29, 0.717) is 13.2 Å². The zero-order valence-corrected chi connectivity index (χ0v) is 17.7. The van der Waals surface area contributed by atoms with Crippen LogP contribution in [0.25, 0.3) is 0 Å². The van der Waals surface area contributed by atoms with Crippen LogP contribution >= 0.6 is 0 Å². The topological polar surface area (TPSA) is 35.9 Å². The lowest BCUT2D eigenvalue weighted by Gasteiger charge is -2.36. The van der Waals surface area contributed by atoms with E-state index in [0.717, 1.165) is 31.9 Å². The van der Waals surface area contributed by atoms with Gasteiger partial charge in [-0.05, 0) is 42.2 Å². The Kier molecular flexibility index (Phi) is 6.63. The van der Waals surface area contributed by atoms with E-state index in [1.165, 1.54) is 16.8 Å². The highest BCUT2D eigenvalue weighted by molar-refractivity contribution is 5.47.